The normalized spacial score (nSPS) is 12.5. The quantitative estimate of drug-likeness (QED) is 0.555. The number of hydrogen-bond donors (Lipinski definition) is 2. The third kappa shape index (κ3) is 2.78. The van der Waals surface area contributed by atoms with Crippen LogP contribution in [0.4, 0.5) is 0 Å². The van der Waals surface area contributed by atoms with Gasteiger partial charge in [0.1, 0.15) is 5.75 Å². The van der Waals surface area contributed by atoms with Gasteiger partial charge >= 0.3 is 0 Å². The molecule has 4 heteroatoms. The molecule has 0 spiro atoms. The number of nitrogens with two attached hydrogens (primary N) is 1. The Bertz CT molecular complexity index is 738. The van der Waals surface area contributed by atoms with Gasteiger partial charge in [0, 0.05) is 4.70 Å². The van der Waals surface area contributed by atoms with Crippen molar-refractivity contribution in [2.24, 2.45) is 5.84 Å². The first kappa shape index (κ1) is 14.1. The van der Waals surface area contributed by atoms with Crippen molar-refractivity contribution >= 4 is 21.4 Å². The maximum absolute atomic E-state index is 5.82. The molecule has 0 fully saturated rings. The standard InChI is InChI=1S/C17H18N2OS/c1-2-20-13-7-5-6-12(10-13)17(19-18)15-11-21-16-9-4-3-8-14(15)16/h3-11,17,19H,2,18H2,1H3. The molecular weight excluding hydrogens is 280 g/mol. The lowest BCUT2D eigenvalue weighted by Crippen LogP contribution is -2.28. The van der Waals surface area contributed by atoms with E-state index in [4.69, 9.17) is 10.6 Å². The number of hydrazine groups is 1. The second kappa shape index (κ2) is 6.26. The first-order valence-electron chi connectivity index (χ1n) is 6.98. The summed E-state index contributed by atoms with van der Waals surface area (Å²) in [6.45, 7) is 2.64. The van der Waals surface area contributed by atoms with Crippen molar-refractivity contribution in [1.29, 1.82) is 0 Å². The molecule has 0 aliphatic carbocycles. The van der Waals surface area contributed by atoms with Crippen molar-refractivity contribution in [3.05, 3.63) is 65.0 Å². The van der Waals surface area contributed by atoms with Gasteiger partial charge in [0.25, 0.3) is 0 Å². The number of rotatable bonds is 5. The van der Waals surface area contributed by atoms with Gasteiger partial charge in [0.2, 0.25) is 0 Å². The van der Waals surface area contributed by atoms with Crippen LogP contribution in [0.5, 0.6) is 5.75 Å². The molecule has 1 heterocycles. The van der Waals surface area contributed by atoms with E-state index < -0.39 is 0 Å². The minimum atomic E-state index is -0.0402. The van der Waals surface area contributed by atoms with Gasteiger partial charge in [-0.15, -0.1) is 11.3 Å². The van der Waals surface area contributed by atoms with E-state index in [9.17, 15) is 0 Å². The van der Waals surface area contributed by atoms with Crippen molar-refractivity contribution in [2.75, 3.05) is 6.61 Å². The average Bonchev–Trinajstić information content (AvgIpc) is 2.93. The Morgan fingerprint density at radius 3 is 2.86 bits per heavy atom. The third-order valence-electron chi connectivity index (χ3n) is 3.49. The maximum Gasteiger partial charge on any atom is 0.119 e. The summed E-state index contributed by atoms with van der Waals surface area (Å²) in [5, 5.41) is 3.41. The number of nitrogens with one attached hydrogen (secondary N) is 1. The molecule has 0 amide bonds. The van der Waals surface area contributed by atoms with Crippen molar-refractivity contribution < 1.29 is 4.74 Å². The highest BCUT2D eigenvalue weighted by atomic mass is 32.1. The Hall–Kier alpha value is -1.88. The first-order valence-corrected chi connectivity index (χ1v) is 7.86. The number of benzene rings is 2. The van der Waals surface area contributed by atoms with E-state index >= 15 is 0 Å². The lowest BCUT2D eigenvalue weighted by Gasteiger charge is -2.17. The summed E-state index contributed by atoms with van der Waals surface area (Å²) in [5.74, 6) is 6.70. The maximum atomic E-state index is 5.82. The highest BCUT2D eigenvalue weighted by Crippen LogP contribution is 2.34. The van der Waals surface area contributed by atoms with Crippen LogP contribution in [0.2, 0.25) is 0 Å². The van der Waals surface area contributed by atoms with E-state index in [0.717, 1.165) is 11.3 Å². The van der Waals surface area contributed by atoms with E-state index in [1.807, 2.05) is 25.1 Å². The lowest BCUT2D eigenvalue weighted by atomic mass is 9.98. The fourth-order valence-electron chi connectivity index (χ4n) is 2.54. The summed E-state index contributed by atoms with van der Waals surface area (Å²) in [4.78, 5) is 0. The Balaban J connectivity index is 2.03. The summed E-state index contributed by atoms with van der Waals surface area (Å²) in [7, 11) is 0. The van der Waals surface area contributed by atoms with Gasteiger partial charge < -0.3 is 4.74 Å². The Morgan fingerprint density at radius 2 is 2.05 bits per heavy atom. The monoisotopic (exact) mass is 298 g/mol. The van der Waals surface area contributed by atoms with Gasteiger partial charge in [0.05, 0.1) is 12.6 Å². The summed E-state index contributed by atoms with van der Waals surface area (Å²) in [6.07, 6.45) is 0. The van der Waals surface area contributed by atoms with Gasteiger partial charge in [-0.2, -0.15) is 0 Å². The van der Waals surface area contributed by atoms with Gasteiger partial charge in [0.15, 0.2) is 0 Å². The van der Waals surface area contributed by atoms with Crippen LogP contribution in [-0.4, -0.2) is 6.61 Å². The summed E-state index contributed by atoms with van der Waals surface area (Å²) in [5.41, 5.74) is 5.24. The largest absolute Gasteiger partial charge is 0.494 e. The van der Waals surface area contributed by atoms with Crippen LogP contribution in [0.1, 0.15) is 24.1 Å². The van der Waals surface area contributed by atoms with Crippen LogP contribution < -0.4 is 16.0 Å². The van der Waals surface area contributed by atoms with Crippen molar-refractivity contribution in [3.63, 3.8) is 0 Å². The van der Waals surface area contributed by atoms with Crippen LogP contribution in [-0.2, 0) is 0 Å². The molecule has 0 saturated heterocycles. The highest BCUT2D eigenvalue weighted by molar-refractivity contribution is 7.17. The Kier molecular flexibility index (Phi) is 4.20. The third-order valence-corrected chi connectivity index (χ3v) is 4.47. The first-order chi connectivity index (χ1) is 10.3. The minimum absolute atomic E-state index is 0.0402. The zero-order chi connectivity index (χ0) is 14.7. The molecule has 3 N–H and O–H groups in total. The summed E-state index contributed by atoms with van der Waals surface area (Å²) in [6, 6.07) is 16.4. The fourth-order valence-corrected chi connectivity index (χ4v) is 3.52. The van der Waals surface area contributed by atoms with Crippen LogP contribution in [0.3, 0.4) is 0 Å². The molecule has 1 unspecified atom stereocenters. The topological polar surface area (TPSA) is 47.3 Å². The van der Waals surface area contributed by atoms with Crippen LogP contribution >= 0.6 is 11.3 Å². The van der Waals surface area contributed by atoms with Crippen molar-refractivity contribution in [3.8, 4) is 5.75 Å². The smallest absolute Gasteiger partial charge is 0.119 e. The molecule has 1 atom stereocenters. The Morgan fingerprint density at radius 1 is 1.19 bits per heavy atom. The zero-order valence-corrected chi connectivity index (χ0v) is 12.7. The van der Waals surface area contributed by atoms with Gasteiger partial charge in [-0.25, -0.2) is 5.43 Å². The van der Waals surface area contributed by atoms with E-state index in [2.05, 4.69) is 41.1 Å². The van der Waals surface area contributed by atoms with Crippen molar-refractivity contribution in [1.82, 2.24) is 5.43 Å². The molecule has 0 aliphatic heterocycles. The van der Waals surface area contributed by atoms with E-state index in [-0.39, 0.29) is 6.04 Å². The zero-order valence-electron chi connectivity index (χ0n) is 11.9. The molecular formula is C17H18N2OS. The van der Waals surface area contributed by atoms with Crippen LogP contribution in [0, 0.1) is 0 Å². The van der Waals surface area contributed by atoms with Gasteiger partial charge in [-0.3, -0.25) is 5.84 Å². The molecule has 108 valence electrons. The van der Waals surface area contributed by atoms with E-state index in [0.29, 0.717) is 6.61 Å². The molecule has 0 bridgehead atoms. The number of ether oxygens (including phenoxy) is 1. The predicted molar refractivity (Wildman–Crippen MR) is 88.6 cm³/mol. The van der Waals surface area contributed by atoms with Crippen molar-refractivity contribution in [2.45, 2.75) is 13.0 Å². The van der Waals surface area contributed by atoms with Crippen LogP contribution in [0.25, 0.3) is 10.1 Å². The molecule has 1 aromatic heterocycles. The number of thiophene rings is 1. The van der Waals surface area contributed by atoms with Gasteiger partial charge in [-0.05, 0) is 47.0 Å². The highest BCUT2D eigenvalue weighted by Gasteiger charge is 2.17. The van der Waals surface area contributed by atoms with Gasteiger partial charge in [-0.1, -0.05) is 30.3 Å². The lowest BCUT2D eigenvalue weighted by molar-refractivity contribution is 0.339. The SMILES string of the molecule is CCOc1cccc(C(NN)c2csc3ccccc23)c1. The molecule has 21 heavy (non-hydrogen) atoms. The summed E-state index contributed by atoms with van der Waals surface area (Å²) >= 11 is 1.74. The molecule has 0 aliphatic rings. The second-order valence-corrected chi connectivity index (χ2v) is 5.70. The summed E-state index contributed by atoms with van der Waals surface area (Å²) < 4.78 is 6.85. The number of hydrogen-bond acceptors (Lipinski definition) is 4. The molecule has 3 aromatic rings. The van der Waals surface area contributed by atoms with Crippen LogP contribution in [0.15, 0.2) is 53.9 Å². The minimum Gasteiger partial charge on any atom is -0.494 e. The molecule has 3 nitrogen and oxygen atoms in total. The molecule has 0 radical (unpaired) electrons. The van der Waals surface area contributed by atoms with E-state index in [1.165, 1.54) is 15.6 Å². The van der Waals surface area contributed by atoms with E-state index in [1.54, 1.807) is 11.3 Å². The second-order valence-electron chi connectivity index (χ2n) is 4.79. The fraction of sp³-hybridized carbons (Fsp3) is 0.176. The molecule has 0 saturated carbocycles. The average molecular weight is 298 g/mol. The molecule has 2 aromatic carbocycles. The molecule has 3 rings (SSSR count). The number of fused-ring (bicyclic) bond motifs is 1. The Labute approximate surface area is 128 Å². The predicted octanol–water partition coefficient (Wildman–Crippen LogP) is 3.85.